The van der Waals surface area contributed by atoms with Crippen LogP contribution in [0.2, 0.25) is 0 Å². The molecule has 4 rings (SSSR count). The number of hydrogen-bond donors (Lipinski definition) is 2. The van der Waals surface area contributed by atoms with Crippen molar-refractivity contribution in [3.8, 4) is 5.75 Å². The van der Waals surface area contributed by atoms with Crippen LogP contribution in [0.5, 0.6) is 5.75 Å². The van der Waals surface area contributed by atoms with Crippen LogP contribution in [-0.2, 0) is 6.42 Å². The Labute approximate surface area is 187 Å². The van der Waals surface area contributed by atoms with Crippen molar-refractivity contribution < 1.29 is 14.6 Å². The fourth-order valence-corrected chi connectivity index (χ4v) is 3.46. The molecule has 0 bridgehead atoms. The van der Waals surface area contributed by atoms with Crippen LogP contribution in [0.4, 0.5) is 4.79 Å². The van der Waals surface area contributed by atoms with Crippen LogP contribution in [0.3, 0.4) is 0 Å². The van der Waals surface area contributed by atoms with E-state index in [4.69, 9.17) is 4.74 Å². The van der Waals surface area contributed by atoms with Gasteiger partial charge in [0.15, 0.2) is 5.75 Å². The molecule has 160 valence electrons. The Morgan fingerprint density at radius 1 is 0.938 bits per heavy atom. The number of aromatic nitrogens is 1. The van der Waals surface area contributed by atoms with E-state index in [1.165, 1.54) is 5.39 Å². The summed E-state index contributed by atoms with van der Waals surface area (Å²) < 4.78 is 5.50. The molecule has 1 atom stereocenters. The van der Waals surface area contributed by atoms with Crippen LogP contribution in [-0.4, -0.2) is 28.8 Å². The fraction of sp³-hybridized carbons (Fsp3) is 0.111. The quantitative estimate of drug-likeness (QED) is 0.433. The van der Waals surface area contributed by atoms with E-state index >= 15 is 0 Å². The molecule has 0 aliphatic heterocycles. The van der Waals surface area contributed by atoms with Gasteiger partial charge in [-0.2, -0.15) is 0 Å². The number of aliphatic hydroxyl groups is 1. The van der Waals surface area contributed by atoms with Crippen molar-refractivity contribution in [3.63, 3.8) is 0 Å². The second-order valence-electron chi connectivity index (χ2n) is 7.43. The smallest absolute Gasteiger partial charge is 0.408 e. The van der Waals surface area contributed by atoms with Gasteiger partial charge in [0.2, 0.25) is 0 Å². The van der Waals surface area contributed by atoms with E-state index < -0.39 is 12.1 Å². The first-order chi connectivity index (χ1) is 15.7. The monoisotopic (exact) mass is 424 g/mol. The third kappa shape index (κ3) is 5.59. The summed E-state index contributed by atoms with van der Waals surface area (Å²) in [4.78, 5) is 16.8. The lowest BCUT2D eigenvalue weighted by molar-refractivity contribution is 0.182. The Kier molecular flexibility index (Phi) is 6.90. The summed E-state index contributed by atoms with van der Waals surface area (Å²) in [6.45, 7) is -0.189. The molecule has 0 unspecified atom stereocenters. The molecule has 0 aliphatic rings. The number of carbonyl (C=O) groups is 1. The molecule has 1 amide bonds. The Balaban J connectivity index is 1.44. The highest BCUT2D eigenvalue weighted by Crippen LogP contribution is 2.21. The first-order valence-corrected chi connectivity index (χ1v) is 10.5. The number of aliphatic hydroxyl groups excluding tert-OH is 1. The third-order valence-corrected chi connectivity index (χ3v) is 5.08. The summed E-state index contributed by atoms with van der Waals surface area (Å²) in [5, 5.41) is 14.7. The summed E-state index contributed by atoms with van der Waals surface area (Å²) >= 11 is 0. The van der Waals surface area contributed by atoms with Gasteiger partial charge in [0, 0.05) is 6.20 Å². The van der Waals surface area contributed by atoms with E-state index in [1.807, 2.05) is 60.7 Å². The number of benzene rings is 3. The third-order valence-electron chi connectivity index (χ3n) is 5.08. The molecule has 0 saturated carbocycles. The van der Waals surface area contributed by atoms with Crippen LogP contribution >= 0.6 is 0 Å². The summed E-state index contributed by atoms with van der Waals surface area (Å²) in [5.74, 6) is 0.346. The van der Waals surface area contributed by atoms with Crippen molar-refractivity contribution >= 4 is 29.0 Å². The van der Waals surface area contributed by atoms with Gasteiger partial charge >= 0.3 is 6.09 Å². The van der Waals surface area contributed by atoms with Crippen molar-refractivity contribution in [1.82, 2.24) is 10.3 Å². The molecule has 0 saturated heterocycles. The van der Waals surface area contributed by atoms with E-state index in [2.05, 4.69) is 34.6 Å². The maximum atomic E-state index is 12.4. The van der Waals surface area contributed by atoms with Crippen molar-refractivity contribution in [2.24, 2.45) is 0 Å². The van der Waals surface area contributed by atoms with Gasteiger partial charge < -0.3 is 15.2 Å². The molecule has 32 heavy (non-hydrogen) atoms. The average molecular weight is 425 g/mol. The number of amides is 1. The summed E-state index contributed by atoms with van der Waals surface area (Å²) in [5.41, 5.74) is 2.58. The molecule has 2 N–H and O–H groups in total. The van der Waals surface area contributed by atoms with Gasteiger partial charge in [-0.3, -0.25) is 4.98 Å². The molecule has 0 radical (unpaired) electrons. The van der Waals surface area contributed by atoms with Crippen LogP contribution in [0, 0.1) is 0 Å². The molecular formula is C27H24N2O3. The van der Waals surface area contributed by atoms with Crippen molar-refractivity contribution in [2.45, 2.75) is 12.5 Å². The van der Waals surface area contributed by atoms with E-state index in [0.29, 0.717) is 17.9 Å². The molecular weight excluding hydrogens is 400 g/mol. The van der Waals surface area contributed by atoms with Crippen LogP contribution < -0.4 is 10.1 Å². The van der Waals surface area contributed by atoms with Gasteiger partial charge in [0.05, 0.1) is 12.6 Å². The number of rotatable bonds is 7. The van der Waals surface area contributed by atoms with E-state index in [0.717, 1.165) is 16.5 Å². The SMILES string of the molecule is O=C(N[C@H](CO)Cc1ccccc1)Oc1cccnc1C=Cc1ccc2ccccc2c1. The Morgan fingerprint density at radius 2 is 1.72 bits per heavy atom. The Morgan fingerprint density at radius 3 is 2.53 bits per heavy atom. The fourth-order valence-electron chi connectivity index (χ4n) is 3.46. The lowest BCUT2D eigenvalue weighted by atomic mass is 10.1. The van der Waals surface area contributed by atoms with E-state index in [1.54, 1.807) is 18.3 Å². The van der Waals surface area contributed by atoms with E-state index in [-0.39, 0.29) is 6.61 Å². The number of hydrogen-bond acceptors (Lipinski definition) is 4. The predicted octanol–water partition coefficient (Wildman–Crippen LogP) is 5.10. The zero-order valence-corrected chi connectivity index (χ0v) is 17.5. The lowest BCUT2D eigenvalue weighted by Crippen LogP contribution is -2.40. The highest BCUT2D eigenvalue weighted by atomic mass is 16.6. The summed E-state index contributed by atoms with van der Waals surface area (Å²) in [6, 6.07) is 27.0. The van der Waals surface area contributed by atoms with Crippen molar-refractivity contribution in [1.29, 1.82) is 0 Å². The summed E-state index contributed by atoms with van der Waals surface area (Å²) in [7, 11) is 0. The molecule has 0 spiro atoms. The Hall–Kier alpha value is -3.96. The minimum atomic E-state index is -0.631. The van der Waals surface area contributed by atoms with Gasteiger partial charge in [0.25, 0.3) is 0 Å². The number of nitrogens with zero attached hydrogens (tertiary/aromatic N) is 1. The van der Waals surface area contributed by atoms with Crippen molar-refractivity contribution in [2.75, 3.05) is 6.61 Å². The number of fused-ring (bicyclic) bond motifs is 1. The van der Waals surface area contributed by atoms with Crippen LogP contribution in [0.1, 0.15) is 16.8 Å². The number of carbonyl (C=O) groups excluding carboxylic acids is 1. The maximum Gasteiger partial charge on any atom is 0.412 e. The molecule has 3 aromatic carbocycles. The first-order valence-electron chi connectivity index (χ1n) is 10.5. The minimum absolute atomic E-state index is 0.189. The maximum absolute atomic E-state index is 12.4. The van der Waals surface area contributed by atoms with Gasteiger partial charge in [-0.15, -0.1) is 0 Å². The molecule has 5 heteroatoms. The zero-order valence-electron chi connectivity index (χ0n) is 17.5. The second-order valence-corrected chi connectivity index (χ2v) is 7.43. The standard InChI is InChI=1S/C27H24N2O3/c30-19-24(18-20-7-2-1-3-8-20)29-27(31)32-26-11-6-16-28-25(26)15-13-21-12-14-22-9-4-5-10-23(22)17-21/h1-17,24,30H,18-19H2,(H,29,31)/t24-/m0/s1. The van der Waals surface area contributed by atoms with Gasteiger partial charge in [-0.25, -0.2) is 4.79 Å². The second kappa shape index (κ2) is 10.4. The molecule has 1 aromatic heterocycles. The molecule has 1 heterocycles. The van der Waals surface area contributed by atoms with Crippen molar-refractivity contribution in [3.05, 3.63) is 108 Å². The molecule has 0 aliphatic carbocycles. The molecule has 4 aromatic rings. The van der Waals surface area contributed by atoms with Gasteiger partial charge in [-0.05, 0) is 52.6 Å². The van der Waals surface area contributed by atoms with Gasteiger partial charge in [-0.1, -0.05) is 72.8 Å². The molecule has 0 fully saturated rings. The summed E-state index contributed by atoms with van der Waals surface area (Å²) in [6.07, 6.45) is 5.28. The number of pyridine rings is 1. The Bertz CT molecular complexity index is 1220. The highest BCUT2D eigenvalue weighted by molar-refractivity contribution is 5.86. The average Bonchev–Trinajstić information content (AvgIpc) is 2.83. The normalized spacial score (nSPS) is 12.0. The van der Waals surface area contributed by atoms with E-state index in [9.17, 15) is 9.90 Å². The predicted molar refractivity (Wildman–Crippen MR) is 127 cm³/mol. The lowest BCUT2D eigenvalue weighted by Gasteiger charge is -2.16. The number of nitrogens with one attached hydrogen (secondary N) is 1. The largest absolute Gasteiger partial charge is 0.412 e. The molecule has 5 nitrogen and oxygen atoms in total. The van der Waals surface area contributed by atoms with Crippen LogP contribution in [0.25, 0.3) is 22.9 Å². The topological polar surface area (TPSA) is 71.5 Å². The highest BCUT2D eigenvalue weighted by Gasteiger charge is 2.15. The number of ether oxygens (including phenoxy) is 1. The first kappa shape index (κ1) is 21.3. The van der Waals surface area contributed by atoms with Crippen LogP contribution in [0.15, 0.2) is 91.1 Å². The zero-order chi connectivity index (χ0) is 22.2. The van der Waals surface area contributed by atoms with Gasteiger partial charge in [0.1, 0.15) is 5.69 Å². The minimum Gasteiger partial charge on any atom is -0.408 e.